The van der Waals surface area contributed by atoms with Gasteiger partial charge in [-0.3, -0.25) is 4.79 Å². The van der Waals surface area contributed by atoms with Crippen LogP contribution in [0.4, 0.5) is 0 Å². The van der Waals surface area contributed by atoms with Gasteiger partial charge in [-0.1, -0.05) is 15.9 Å². The monoisotopic (exact) mass is 351 g/mol. The number of fused-ring (bicyclic) bond motifs is 1. The van der Waals surface area contributed by atoms with E-state index in [1.165, 1.54) is 0 Å². The number of aryl methyl sites for hydroxylation is 1. The molecule has 0 unspecified atom stereocenters. The average Bonchev–Trinajstić information content (AvgIpc) is 2.86. The van der Waals surface area contributed by atoms with Crippen molar-refractivity contribution in [2.24, 2.45) is 0 Å². The molecule has 0 spiro atoms. The molecule has 0 saturated heterocycles. The van der Waals surface area contributed by atoms with E-state index >= 15 is 0 Å². The minimum atomic E-state index is -0.128. The summed E-state index contributed by atoms with van der Waals surface area (Å²) in [4.78, 5) is 12.7. The van der Waals surface area contributed by atoms with Crippen LogP contribution in [0.3, 0.4) is 0 Å². The summed E-state index contributed by atoms with van der Waals surface area (Å²) in [5.74, 6) is 0.212. The minimum absolute atomic E-state index is 0.128. The van der Waals surface area contributed by atoms with E-state index in [1.54, 1.807) is 12.3 Å². The van der Waals surface area contributed by atoms with Crippen molar-refractivity contribution in [3.05, 3.63) is 43.9 Å². The van der Waals surface area contributed by atoms with Crippen molar-refractivity contribution in [3.8, 4) is 11.5 Å². The smallest absolute Gasteiger partial charge is 0.284 e. The van der Waals surface area contributed by atoms with Gasteiger partial charge in [0.2, 0.25) is 5.43 Å². The Kier molecular flexibility index (Phi) is 3.31. The molecule has 0 aliphatic heterocycles. The number of nitrogens with one attached hydrogen (secondary N) is 1. The lowest BCUT2D eigenvalue weighted by molar-refractivity contribution is 0.551. The van der Waals surface area contributed by atoms with Crippen molar-refractivity contribution in [3.63, 3.8) is 0 Å². The Labute approximate surface area is 127 Å². The van der Waals surface area contributed by atoms with Crippen LogP contribution in [-0.4, -0.2) is 14.8 Å². The molecule has 3 aromatic rings. The van der Waals surface area contributed by atoms with Crippen LogP contribution in [0.15, 0.2) is 38.1 Å². The van der Waals surface area contributed by atoms with E-state index in [0.29, 0.717) is 10.9 Å². The number of pyridine rings is 1. The summed E-state index contributed by atoms with van der Waals surface area (Å²) in [5, 5.41) is 7.08. The fraction of sp³-hybridized carbons (Fsp3) is 0.154. The summed E-state index contributed by atoms with van der Waals surface area (Å²) in [7, 11) is 0. The molecule has 0 aliphatic rings. The Hall–Kier alpha value is -1.73. The first-order valence-corrected chi connectivity index (χ1v) is 7.19. The molecule has 2 aromatic heterocycles. The number of H-pyrrole nitrogens is 1. The molecule has 102 valence electrons. The Bertz CT molecular complexity index is 910. The molecule has 1 N–H and O–H groups in total. The van der Waals surface area contributed by atoms with E-state index in [-0.39, 0.29) is 16.2 Å². The lowest BCUT2D eigenvalue weighted by atomic mass is 10.1. The first-order valence-electron chi connectivity index (χ1n) is 5.98. The third kappa shape index (κ3) is 2.12. The maximum Gasteiger partial charge on any atom is 0.284 e. The lowest BCUT2D eigenvalue weighted by Crippen LogP contribution is -2.11. The number of aromatic nitrogens is 3. The van der Waals surface area contributed by atoms with E-state index < -0.39 is 0 Å². The molecule has 1 aromatic carbocycles. The zero-order chi connectivity index (χ0) is 14.3. The molecule has 0 fully saturated rings. The minimum Gasteiger partial charge on any atom is -0.409 e. The molecule has 3 rings (SSSR count). The highest BCUT2D eigenvalue weighted by molar-refractivity contribution is 9.10. The van der Waals surface area contributed by atoms with Crippen molar-refractivity contribution in [1.82, 2.24) is 14.8 Å². The van der Waals surface area contributed by atoms with Crippen molar-refractivity contribution in [1.29, 1.82) is 0 Å². The second kappa shape index (κ2) is 4.99. The van der Waals surface area contributed by atoms with E-state index in [1.807, 2.05) is 23.6 Å². The van der Waals surface area contributed by atoms with Crippen molar-refractivity contribution < 1.29 is 4.42 Å². The van der Waals surface area contributed by atoms with Gasteiger partial charge in [-0.15, -0.1) is 5.10 Å². The fourth-order valence-electron chi connectivity index (χ4n) is 2.13. The van der Waals surface area contributed by atoms with Crippen molar-refractivity contribution >= 4 is 39.1 Å². The quantitative estimate of drug-likeness (QED) is 0.717. The molecule has 0 bridgehead atoms. The first-order chi connectivity index (χ1) is 9.60. The number of aromatic amines is 1. The van der Waals surface area contributed by atoms with Crippen LogP contribution >= 0.6 is 28.1 Å². The molecule has 7 heteroatoms. The van der Waals surface area contributed by atoms with Gasteiger partial charge in [-0.2, -0.15) is 0 Å². The van der Waals surface area contributed by atoms with Gasteiger partial charge >= 0.3 is 0 Å². The normalized spacial score (nSPS) is 11.1. The maximum atomic E-state index is 12.6. The predicted octanol–water partition coefficient (Wildman–Crippen LogP) is 3.50. The van der Waals surface area contributed by atoms with Crippen LogP contribution in [0.5, 0.6) is 0 Å². The van der Waals surface area contributed by atoms with Crippen LogP contribution in [0, 0.1) is 4.84 Å². The number of hydrogen-bond donors (Lipinski definition) is 1. The molecule has 20 heavy (non-hydrogen) atoms. The molecule has 2 heterocycles. The standard InChI is InChI=1S/C13H10BrN3O2S/c1-2-17-6-9(12-15-16-13(20)19-12)11(18)8-5-7(14)3-4-10(8)17/h3-6H,2H2,1H3,(H,16,20). The van der Waals surface area contributed by atoms with Crippen LogP contribution < -0.4 is 5.43 Å². The van der Waals surface area contributed by atoms with Crippen LogP contribution in [0.1, 0.15) is 6.92 Å². The van der Waals surface area contributed by atoms with Crippen molar-refractivity contribution in [2.45, 2.75) is 13.5 Å². The van der Waals surface area contributed by atoms with E-state index in [0.717, 1.165) is 16.5 Å². The summed E-state index contributed by atoms with van der Waals surface area (Å²) < 4.78 is 8.08. The van der Waals surface area contributed by atoms with Crippen LogP contribution in [0.2, 0.25) is 0 Å². The largest absolute Gasteiger partial charge is 0.409 e. The van der Waals surface area contributed by atoms with Gasteiger partial charge in [0.25, 0.3) is 10.7 Å². The molecule has 0 aliphatic carbocycles. The Morgan fingerprint density at radius 1 is 1.50 bits per heavy atom. The van der Waals surface area contributed by atoms with Gasteiger partial charge in [0.15, 0.2) is 0 Å². The maximum absolute atomic E-state index is 12.6. The highest BCUT2D eigenvalue weighted by atomic mass is 79.9. The third-order valence-electron chi connectivity index (χ3n) is 3.05. The van der Waals surface area contributed by atoms with Gasteiger partial charge in [0.1, 0.15) is 5.56 Å². The van der Waals surface area contributed by atoms with Gasteiger partial charge in [0.05, 0.1) is 5.52 Å². The van der Waals surface area contributed by atoms with Gasteiger partial charge in [-0.25, -0.2) is 5.10 Å². The Morgan fingerprint density at radius 2 is 2.30 bits per heavy atom. The Morgan fingerprint density at radius 3 is 2.95 bits per heavy atom. The number of nitrogens with zero attached hydrogens (tertiary/aromatic N) is 2. The van der Waals surface area contributed by atoms with Gasteiger partial charge in [-0.05, 0) is 37.3 Å². The number of rotatable bonds is 2. The van der Waals surface area contributed by atoms with Crippen molar-refractivity contribution in [2.75, 3.05) is 0 Å². The van der Waals surface area contributed by atoms with E-state index in [9.17, 15) is 4.79 Å². The number of halogens is 1. The summed E-state index contributed by atoms with van der Waals surface area (Å²) >= 11 is 8.24. The molecular formula is C13H10BrN3O2S. The van der Waals surface area contributed by atoms with Crippen LogP contribution in [-0.2, 0) is 6.54 Å². The Balaban J connectivity index is 2.42. The zero-order valence-electron chi connectivity index (χ0n) is 10.5. The highest BCUT2D eigenvalue weighted by Crippen LogP contribution is 2.21. The fourth-order valence-corrected chi connectivity index (χ4v) is 2.61. The predicted molar refractivity (Wildman–Crippen MR) is 82.3 cm³/mol. The first kappa shape index (κ1) is 13.3. The third-order valence-corrected chi connectivity index (χ3v) is 3.72. The highest BCUT2D eigenvalue weighted by Gasteiger charge is 2.14. The van der Waals surface area contributed by atoms with Crippen LogP contribution in [0.25, 0.3) is 22.4 Å². The van der Waals surface area contributed by atoms with E-state index in [2.05, 4.69) is 26.1 Å². The number of hydrogen-bond acceptors (Lipinski definition) is 4. The summed E-state index contributed by atoms with van der Waals surface area (Å²) in [6.07, 6.45) is 1.74. The van der Waals surface area contributed by atoms with Gasteiger partial charge in [0, 0.05) is 22.6 Å². The average molecular weight is 352 g/mol. The summed E-state index contributed by atoms with van der Waals surface area (Å²) in [5.41, 5.74) is 1.14. The summed E-state index contributed by atoms with van der Waals surface area (Å²) in [6, 6.07) is 5.62. The van der Waals surface area contributed by atoms with E-state index in [4.69, 9.17) is 16.6 Å². The van der Waals surface area contributed by atoms with Gasteiger partial charge < -0.3 is 8.98 Å². The molecular weight excluding hydrogens is 342 g/mol. The second-order valence-corrected chi connectivity index (χ2v) is 5.52. The second-order valence-electron chi connectivity index (χ2n) is 4.24. The molecule has 0 amide bonds. The topological polar surface area (TPSA) is 63.8 Å². The molecule has 5 nitrogen and oxygen atoms in total. The summed E-state index contributed by atoms with van der Waals surface area (Å²) in [6.45, 7) is 2.74. The SMILES string of the molecule is CCn1cc(-c2n[nH]c(=S)o2)c(=O)c2cc(Br)ccc21. The molecule has 0 radical (unpaired) electrons. The lowest BCUT2D eigenvalue weighted by Gasteiger charge is -2.10. The number of benzene rings is 1. The molecule has 0 atom stereocenters. The molecule has 0 saturated carbocycles. The zero-order valence-corrected chi connectivity index (χ0v) is 12.9.